The Morgan fingerprint density at radius 1 is 1.15 bits per heavy atom. The number of carbonyl (C=O) groups excluding carboxylic acids is 1. The lowest BCUT2D eigenvalue weighted by atomic mass is 10.0. The van der Waals surface area contributed by atoms with Crippen molar-refractivity contribution in [1.82, 2.24) is 9.55 Å². The second kappa shape index (κ2) is 10.2. The molecule has 2 aromatic carbocycles. The minimum absolute atomic E-state index is 0.331. The van der Waals surface area contributed by atoms with Crippen molar-refractivity contribution >= 4 is 28.5 Å². The Morgan fingerprint density at radius 2 is 1.97 bits per heavy atom. The van der Waals surface area contributed by atoms with Crippen LogP contribution >= 0.6 is 11.6 Å². The van der Waals surface area contributed by atoms with Crippen LogP contribution in [-0.2, 0) is 27.2 Å². The van der Waals surface area contributed by atoms with E-state index in [1.54, 1.807) is 6.92 Å². The number of oxazole rings is 1. The SMILES string of the molecule is CCOC(=O)C(Cc1cccc2c1ccn2Cc1nc(-c2cccc(Cl)c2)oc1C)OCC. The number of halogens is 1. The molecular weight excluding hydrogens is 440 g/mol. The Bertz CT molecular complexity index is 1260. The van der Waals surface area contributed by atoms with Gasteiger partial charge in [-0.3, -0.25) is 0 Å². The van der Waals surface area contributed by atoms with E-state index in [0.717, 1.165) is 33.5 Å². The van der Waals surface area contributed by atoms with Crippen molar-refractivity contribution < 1.29 is 18.7 Å². The largest absolute Gasteiger partial charge is 0.464 e. The number of benzene rings is 2. The van der Waals surface area contributed by atoms with Crippen molar-refractivity contribution in [2.75, 3.05) is 13.2 Å². The predicted octanol–water partition coefficient (Wildman–Crippen LogP) is 5.82. The van der Waals surface area contributed by atoms with Gasteiger partial charge in [-0.2, -0.15) is 0 Å². The standard InChI is InChI=1S/C26H27ClN2O4/c1-4-31-24(26(30)32-5-2)15-18-8-7-11-23-21(18)12-13-29(23)16-22-17(3)33-25(28-22)19-9-6-10-20(27)14-19/h6-14,24H,4-5,15-16H2,1-3H3. The monoisotopic (exact) mass is 466 g/mol. The molecule has 4 aromatic rings. The summed E-state index contributed by atoms with van der Waals surface area (Å²) in [6.45, 7) is 6.93. The topological polar surface area (TPSA) is 66.5 Å². The lowest BCUT2D eigenvalue weighted by molar-refractivity contribution is -0.156. The molecule has 2 heterocycles. The lowest BCUT2D eigenvalue weighted by Crippen LogP contribution is -2.29. The highest BCUT2D eigenvalue weighted by Crippen LogP contribution is 2.27. The number of fused-ring (bicyclic) bond motifs is 1. The normalized spacial score (nSPS) is 12.2. The molecule has 1 unspecified atom stereocenters. The summed E-state index contributed by atoms with van der Waals surface area (Å²) in [6, 6.07) is 15.6. The Balaban J connectivity index is 1.60. The Morgan fingerprint density at radius 3 is 2.73 bits per heavy atom. The highest BCUT2D eigenvalue weighted by molar-refractivity contribution is 6.30. The van der Waals surface area contributed by atoms with Crippen LogP contribution in [0.2, 0.25) is 5.02 Å². The van der Waals surface area contributed by atoms with Gasteiger partial charge in [0.05, 0.1) is 13.2 Å². The number of nitrogens with zero attached hydrogens (tertiary/aromatic N) is 2. The number of rotatable bonds is 9. The number of esters is 1. The van der Waals surface area contributed by atoms with Gasteiger partial charge in [-0.15, -0.1) is 0 Å². The summed E-state index contributed by atoms with van der Waals surface area (Å²) in [5, 5.41) is 1.71. The molecule has 0 fully saturated rings. The molecule has 0 aliphatic heterocycles. The average Bonchev–Trinajstić information content (AvgIpc) is 3.38. The highest BCUT2D eigenvalue weighted by Gasteiger charge is 2.22. The van der Waals surface area contributed by atoms with Gasteiger partial charge in [0, 0.05) is 40.7 Å². The first-order chi connectivity index (χ1) is 16.0. The zero-order chi connectivity index (χ0) is 23.4. The average molecular weight is 467 g/mol. The maximum Gasteiger partial charge on any atom is 0.335 e. The molecule has 0 saturated carbocycles. The molecule has 0 amide bonds. The third-order valence-corrected chi connectivity index (χ3v) is 5.75. The molecule has 33 heavy (non-hydrogen) atoms. The van der Waals surface area contributed by atoms with Crippen LogP contribution < -0.4 is 0 Å². The first-order valence-electron chi connectivity index (χ1n) is 11.1. The molecule has 0 radical (unpaired) electrons. The van der Waals surface area contributed by atoms with Gasteiger partial charge in [0.1, 0.15) is 11.5 Å². The maximum atomic E-state index is 12.3. The van der Waals surface area contributed by atoms with Gasteiger partial charge in [-0.1, -0.05) is 29.8 Å². The van der Waals surface area contributed by atoms with Crippen LogP contribution in [0.1, 0.15) is 30.9 Å². The molecule has 0 aliphatic carbocycles. The van der Waals surface area contributed by atoms with Gasteiger partial charge in [0.25, 0.3) is 0 Å². The third-order valence-electron chi connectivity index (χ3n) is 5.51. The minimum atomic E-state index is -0.623. The fourth-order valence-corrected chi connectivity index (χ4v) is 4.12. The van der Waals surface area contributed by atoms with Gasteiger partial charge in [-0.25, -0.2) is 9.78 Å². The second-order valence-electron chi connectivity index (χ2n) is 7.73. The zero-order valence-electron chi connectivity index (χ0n) is 19.0. The summed E-state index contributed by atoms with van der Waals surface area (Å²) in [5.74, 6) is 0.986. The van der Waals surface area contributed by atoms with Crippen molar-refractivity contribution in [2.24, 2.45) is 0 Å². The van der Waals surface area contributed by atoms with Crippen LogP contribution in [0.4, 0.5) is 0 Å². The number of aryl methyl sites for hydroxylation is 1. The van der Waals surface area contributed by atoms with Gasteiger partial charge in [0.2, 0.25) is 5.89 Å². The molecule has 2 aromatic heterocycles. The van der Waals surface area contributed by atoms with E-state index in [2.05, 4.69) is 16.7 Å². The van der Waals surface area contributed by atoms with Gasteiger partial charge in [-0.05, 0) is 56.7 Å². The van der Waals surface area contributed by atoms with E-state index in [4.69, 9.17) is 30.5 Å². The fourth-order valence-electron chi connectivity index (χ4n) is 3.93. The van der Waals surface area contributed by atoms with E-state index < -0.39 is 6.10 Å². The minimum Gasteiger partial charge on any atom is -0.464 e. The van der Waals surface area contributed by atoms with Crippen LogP contribution in [-0.4, -0.2) is 34.8 Å². The van der Waals surface area contributed by atoms with Crippen molar-refractivity contribution in [3.63, 3.8) is 0 Å². The molecule has 6 nitrogen and oxygen atoms in total. The van der Waals surface area contributed by atoms with E-state index in [-0.39, 0.29) is 5.97 Å². The van der Waals surface area contributed by atoms with Crippen molar-refractivity contribution in [2.45, 2.75) is 39.8 Å². The van der Waals surface area contributed by atoms with Crippen LogP contribution in [0.25, 0.3) is 22.4 Å². The predicted molar refractivity (Wildman–Crippen MR) is 128 cm³/mol. The second-order valence-corrected chi connectivity index (χ2v) is 8.16. The first-order valence-corrected chi connectivity index (χ1v) is 11.4. The van der Waals surface area contributed by atoms with Crippen molar-refractivity contribution in [3.05, 3.63) is 76.8 Å². The fraction of sp³-hybridized carbons (Fsp3) is 0.308. The quantitative estimate of drug-likeness (QED) is 0.291. The maximum absolute atomic E-state index is 12.3. The van der Waals surface area contributed by atoms with Gasteiger partial charge >= 0.3 is 5.97 Å². The first kappa shape index (κ1) is 23.1. The summed E-state index contributed by atoms with van der Waals surface area (Å²) in [7, 11) is 0. The number of aromatic nitrogens is 2. The van der Waals surface area contributed by atoms with E-state index in [1.165, 1.54) is 0 Å². The Labute approximate surface area is 198 Å². The third kappa shape index (κ3) is 5.13. The number of hydrogen-bond acceptors (Lipinski definition) is 5. The highest BCUT2D eigenvalue weighted by atomic mass is 35.5. The van der Waals surface area contributed by atoms with Crippen LogP contribution in [0.15, 0.2) is 59.1 Å². The molecule has 7 heteroatoms. The Hall–Kier alpha value is -3.09. The van der Waals surface area contributed by atoms with E-state index in [0.29, 0.717) is 37.1 Å². The van der Waals surface area contributed by atoms with Crippen LogP contribution in [0.3, 0.4) is 0 Å². The van der Waals surface area contributed by atoms with E-state index in [1.807, 2.05) is 56.4 Å². The summed E-state index contributed by atoms with van der Waals surface area (Å²) in [4.78, 5) is 17.0. The van der Waals surface area contributed by atoms with Crippen molar-refractivity contribution in [3.8, 4) is 11.5 Å². The summed E-state index contributed by atoms with van der Waals surface area (Å²) >= 11 is 6.12. The molecule has 1 atom stereocenters. The summed E-state index contributed by atoms with van der Waals surface area (Å²) in [5.41, 5.74) is 3.79. The Kier molecular flexibility index (Phi) is 7.16. The summed E-state index contributed by atoms with van der Waals surface area (Å²) < 4.78 is 18.9. The molecule has 0 saturated heterocycles. The molecule has 4 rings (SSSR count). The number of carbonyl (C=O) groups is 1. The van der Waals surface area contributed by atoms with E-state index >= 15 is 0 Å². The molecule has 0 spiro atoms. The smallest absolute Gasteiger partial charge is 0.335 e. The van der Waals surface area contributed by atoms with Gasteiger partial charge in [0.15, 0.2) is 6.10 Å². The lowest BCUT2D eigenvalue weighted by Gasteiger charge is -2.16. The number of ether oxygens (including phenoxy) is 2. The molecular formula is C26H27ClN2O4. The van der Waals surface area contributed by atoms with Crippen LogP contribution in [0.5, 0.6) is 0 Å². The van der Waals surface area contributed by atoms with Crippen molar-refractivity contribution in [1.29, 1.82) is 0 Å². The van der Waals surface area contributed by atoms with Gasteiger partial charge < -0.3 is 18.5 Å². The summed E-state index contributed by atoms with van der Waals surface area (Å²) in [6.07, 6.45) is 1.86. The van der Waals surface area contributed by atoms with E-state index in [9.17, 15) is 4.79 Å². The van der Waals surface area contributed by atoms with Crippen LogP contribution in [0, 0.1) is 6.92 Å². The zero-order valence-corrected chi connectivity index (χ0v) is 19.8. The number of hydrogen-bond donors (Lipinski definition) is 0. The molecule has 0 N–H and O–H groups in total. The molecule has 172 valence electrons. The molecule has 0 bridgehead atoms. The molecule has 0 aliphatic rings.